The quantitative estimate of drug-likeness (QED) is 0.350. The van der Waals surface area contributed by atoms with Crippen molar-refractivity contribution in [2.24, 2.45) is 0 Å². The van der Waals surface area contributed by atoms with Gasteiger partial charge in [0.25, 0.3) is 5.01 Å². The van der Waals surface area contributed by atoms with E-state index in [1.165, 1.54) is 16.3 Å². The molecule has 0 aliphatic carbocycles. The van der Waals surface area contributed by atoms with E-state index in [0.717, 1.165) is 23.7 Å². The highest BCUT2D eigenvalue weighted by Gasteiger charge is 2.30. The number of thiazole rings is 1. The van der Waals surface area contributed by atoms with E-state index in [-0.39, 0.29) is 0 Å². The van der Waals surface area contributed by atoms with Crippen molar-refractivity contribution in [2.45, 2.75) is 19.6 Å². The fourth-order valence-electron chi connectivity index (χ4n) is 3.10. The third kappa shape index (κ3) is 3.60. The summed E-state index contributed by atoms with van der Waals surface area (Å²) in [4.78, 5) is 0. The van der Waals surface area contributed by atoms with Crippen LogP contribution in [0.5, 0.6) is 0 Å². The monoisotopic (exact) mass is 400 g/mol. The van der Waals surface area contributed by atoms with Crippen LogP contribution in [-0.2, 0) is 12.7 Å². The van der Waals surface area contributed by atoms with Crippen molar-refractivity contribution >= 4 is 33.7 Å². The standard InChI is InChI=1S/C22H17F3NOS/c1-2-26-18-8-3-4-9-20(18)28-21(26)13-11-17-10-12-19(27-17)15-6-5-7-16(14-15)22(23,24)25/h3-14H,2H2,1H3/q+1/b13-11+. The third-order valence-corrected chi connectivity index (χ3v) is 5.57. The highest BCUT2D eigenvalue weighted by molar-refractivity contribution is 7.18. The van der Waals surface area contributed by atoms with Gasteiger partial charge >= 0.3 is 6.18 Å². The molecule has 28 heavy (non-hydrogen) atoms. The Balaban J connectivity index is 1.63. The number of hydrogen-bond acceptors (Lipinski definition) is 2. The van der Waals surface area contributed by atoms with Crippen LogP contribution in [-0.4, -0.2) is 0 Å². The van der Waals surface area contributed by atoms with E-state index >= 15 is 0 Å². The Hall–Kier alpha value is -2.86. The molecule has 4 aromatic rings. The van der Waals surface area contributed by atoms with E-state index in [0.29, 0.717) is 17.1 Å². The van der Waals surface area contributed by atoms with Gasteiger partial charge < -0.3 is 4.42 Å². The predicted molar refractivity (Wildman–Crippen MR) is 106 cm³/mol. The molecule has 0 atom stereocenters. The normalized spacial score (nSPS) is 12.3. The van der Waals surface area contributed by atoms with Crippen molar-refractivity contribution in [3.8, 4) is 11.3 Å². The number of halogens is 3. The summed E-state index contributed by atoms with van der Waals surface area (Å²) in [5, 5.41) is 1.08. The fourth-order valence-corrected chi connectivity index (χ4v) is 4.23. The Morgan fingerprint density at radius 3 is 2.61 bits per heavy atom. The van der Waals surface area contributed by atoms with E-state index in [1.54, 1.807) is 29.5 Å². The number of hydrogen-bond donors (Lipinski definition) is 0. The topological polar surface area (TPSA) is 17.0 Å². The molecule has 2 heterocycles. The van der Waals surface area contributed by atoms with Crippen molar-refractivity contribution < 1.29 is 22.2 Å². The summed E-state index contributed by atoms with van der Waals surface area (Å²) in [6, 6.07) is 16.8. The Morgan fingerprint density at radius 1 is 1.00 bits per heavy atom. The average Bonchev–Trinajstić information content (AvgIpc) is 3.30. The second-order valence-corrected chi connectivity index (χ2v) is 7.33. The lowest BCUT2D eigenvalue weighted by molar-refractivity contribution is -0.665. The molecule has 0 unspecified atom stereocenters. The number of aromatic nitrogens is 1. The second kappa shape index (κ2) is 7.28. The summed E-state index contributed by atoms with van der Waals surface area (Å²) in [6.45, 7) is 2.94. The van der Waals surface area contributed by atoms with E-state index in [4.69, 9.17) is 4.42 Å². The molecule has 0 aliphatic rings. The minimum Gasteiger partial charge on any atom is -0.457 e. The van der Waals surface area contributed by atoms with Crippen molar-refractivity contribution in [3.63, 3.8) is 0 Å². The summed E-state index contributed by atoms with van der Waals surface area (Å²) in [5.41, 5.74) is 0.895. The first-order valence-corrected chi connectivity index (χ1v) is 9.64. The number of rotatable bonds is 4. The largest absolute Gasteiger partial charge is 0.457 e. The highest BCUT2D eigenvalue weighted by atomic mass is 32.1. The molecule has 2 aromatic heterocycles. The zero-order valence-electron chi connectivity index (χ0n) is 15.0. The molecular weight excluding hydrogens is 383 g/mol. The van der Waals surface area contributed by atoms with Gasteiger partial charge in [0, 0.05) is 17.7 Å². The first kappa shape index (κ1) is 18.5. The van der Waals surface area contributed by atoms with E-state index in [1.807, 2.05) is 24.3 Å². The molecule has 0 aliphatic heterocycles. The molecule has 0 radical (unpaired) electrons. The van der Waals surface area contributed by atoms with Crippen LogP contribution in [0, 0.1) is 0 Å². The Bertz CT molecular complexity index is 1150. The molecule has 0 bridgehead atoms. The zero-order chi connectivity index (χ0) is 19.7. The summed E-state index contributed by atoms with van der Waals surface area (Å²) in [5.74, 6) is 0.998. The lowest BCUT2D eigenvalue weighted by Crippen LogP contribution is -2.33. The predicted octanol–water partition coefficient (Wildman–Crippen LogP) is 6.66. The van der Waals surface area contributed by atoms with Crippen LogP contribution in [0.3, 0.4) is 0 Å². The summed E-state index contributed by atoms with van der Waals surface area (Å²) in [6.07, 6.45) is -0.558. The third-order valence-electron chi connectivity index (χ3n) is 4.44. The Morgan fingerprint density at radius 2 is 1.82 bits per heavy atom. The number of para-hydroxylation sites is 1. The molecule has 2 aromatic carbocycles. The summed E-state index contributed by atoms with van der Waals surface area (Å²) >= 11 is 1.69. The van der Waals surface area contributed by atoms with Crippen molar-refractivity contribution in [3.05, 3.63) is 77.0 Å². The van der Waals surface area contributed by atoms with Gasteiger partial charge in [0.2, 0.25) is 5.52 Å². The molecule has 6 heteroatoms. The minimum absolute atomic E-state index is 0.403. The minimum atomic E-state index is -4.37. The maximum atomic E-state index is 12.9. The van der Waals surface area contributed by atoms with Crippen LogP contribution in [0.2, 0.25) is 0 Å². The maximum Gasteiger partial charge on any atom is 0.416 e. The number of fused-ring (bicyclic) bond motifs is 1. The molecule has 2 nitrogen and oxygen atoms in total. The SMILES string of the molecule is CC[n+]1c(/C=C/c2ccc(-c3cccc(C(F)(F)F)c3)o2)sc2ccccc21. The van der Waals surface area contributed by atoms with Crippen LogP contribution in [0.25, 0.3) is 33.7 Å². The van der Waals surface area contributed by atoms with Gasteiger partial charge in [0.05, 0.1) is 5.56 Å². The zero-order valence-corrected chi connectivity index (χ0v) is 15.8. The molecule has 0 saturated carbocycles. The molecule has 0 amide bonds. The molecule has 142 valence electrons. The molecule has 0 fully saturated rings. The van der Waals surface area contributed by atoms with Gasteiger partial charge in [-0.3, -0.25) is 0 Å². The molecule has 0 spiro atoms. The molecular formula is C22H17F3NOS+. The number of aryl methyl sites for hydroxylation is 1. The average molecular weight is 400 g/mol. The molecule has 0 N–H and O–H groups in total. The molecule has 0 saturated heterocycles. The van der Waals surface area contributed by atoms with Gasteiger partial charge in [0.1, 0.15) is 22.8 Å². The van der Waals surface area contributed by atoms with Crippen LogP contribution in [0.4, 0.5) is 13.2 Å². The van der Waals surface area contributed by atoms with Crippen LogP contribution in [0.15, 0.2) is 65.1 Å². The van der Waals surface area contributed by atoms with Gasteiger partial charge in [-0.25, -0.2) is 0 Å². The fraction of sp³-hybridized carbons (Fsp3) is 0.136. The second-order valence-electron chi connectivity index (χ2n) is 6.27. The van der Waals surface area contributed by atoms with Gasteiger partial charge in [-0.05, 0) is 43.3 Å². The van der Waals surface area contributed by atoms with E-state index in [2.05, 4.69) is 23.6 Å². The van der Waals surface area contributed by atoms with Gasteiger partial charge in [-0.15, -0.1) is 0 Å². The first-order valence-electron chi connectivity index (χ1n) is 8.82. The lowest BCUT2D eigenvalue weighted by Gasteiger charge is -2.07. The Labute approximate surface area is 164 Å². The van der Waals surface area contributed by atoms with E-state index in [9.17, 15) is 13.2 Å². The maximum absolute atomic E-state index is 12.9. The van der Waals surface area contributed by atoms with Crippen molar-refractivity contribution in [2.75, 3.05) is 0 Å². The highest BCUT2D eigenvalue weighted by Crippen LogP contribution is 2.33. The van der Waals surface area contributed by atoms with Crippen molar-refractivity contribution in [1.29, 1.82) is 0 Å². The van der Waals surface area contributed by atoms with Crippen LogP contribution < -0.4 is 4.57 Å². The van der Waals surface area contributed by atoms with E-state index < -0.39 is 11.7 Å². The number of nitrogens with zero attached hydrogens (tertiary/aromatic N) is 1. The van der Waals surface area contributed by atoms with Crippen LogP contribution >= 0.6 is 11.3 Å². The van der Waals surface area contributed by atoms with Gasteiger partial charge in [0.15, 0.2) is 0 Å². The smallest absolute Gasteiger partial charge is 0.416 e. The summed E-state index contributed by atoms with van der Waals surface area (Å²) < 4.78 is 47.9. The summed E-state index contributed by atoms with van der Waals surface area (Å²) in [7, 11) is 0. The number of alkyl halides is 3. The number of furan rings is 1. The van der Waals surface area contributed by atoms with Gasteiger partial charge in [-0.1, -0.05) is 35.6 Å². The lowest BCUT2D eigenvalue weighted by atomic mass is 10.1. The van der Waals surface area contributed by atoms with Gasteiger partial charge in [-0.2, -0.15) is 17.7 Å². The first-order chi connectivity index (χ1) is 13.5. The van der Waals surface area contributed by atoms with Crippen molar-refractivity contribution in [1.82, 2.24) is 0 Å². The van der Waals surface area contributed by atoms with Crippen LogP contribution in [0.1, 0.15) is 23.3 Å². The molecule has 4 rings (SSSR count). The Kier molecular flexibility index (Phi) is 4.81. The number of benzene rings is 2.